The molecule has 1 fully saturated rings. The van der Waals surface area contributed by atoms with Crippen molar-refractivity contribution in [2.24, 2.45) is 5.92 Å². The smallest absolute Gasteiger partial charge is 0.0931 e. The van der Waals surface area contributed by atoms with Gasteiger partial charge in [0.25, 0.3) is 0 Å². The second kappa shape index (κ2) is 6.77. The molecule has 1 heterocycles. The van der Waals surface area contributed by atoms with Gasteiger partial charge >= 0.3 is 0 Å². The number of rotatable bonds is 5. The van der Waals surface area contributed by atoms with Gasteiger partial charge in [0.1, 0.15) is 0 Å². The molecule has 0 saturated heterocycles. The van der Waals surface area contributed by atoms with Crippen LogP contribution >= 0.6 is 22.9 Å². The lowest BCUT2D eigenvalue weighted by molar-refractivity contribution is 0.275. The fourth-order valence-corrected chi connectivity index (χ4v) is 3.99. The van der Waals surface area contributed by atoms with Crippen LogP contribution in [-0.4, -0.2) is 6.54 Å². The molecule has 1 aromatic heterocycles. The number of thiophene rings is 1. The Morgan fingerprint density at radius 1 is 1.35 bits per heavy atom. The van der Waals surface area contributed by atoms with E-state index in [-0.39, 0.29) is 0 Å². The topological polar surface area (TPSA) is 12.0 Å². The summed E-state index contributed by atoms with van der Waals surface area (Å²) in [5.41, 5.74) is 0. The molecule has 1 aromatic rings. The highest BCUT2D eigenvalue weighted by Crippen LogP contribution is 2.38. The number of hydrogen-bond donors (Lipinski definition) is 1. The van der Waals surface area contributed by atoms with Crippen molar-refractivity contribution in [2.75, 3.05) is 6.54 Å². The molecule has 17 heavy (non-hydrogen) atoms. The van der Waals surface area contributed by atoms with Gasteiger partial charge in [-0.2, -0.15) is 0 Å². The largest absolute Gasteiger partial charge is 0.309 e. The van der Waals surface area contributed by atoms with E-state index in [0.29, 0.717) is 6.04 Å². The molecule has 1 N–H and O–H groups in total. The van der Waals surface area contributed by atoms with E-state index >= 15 is 0 Å². The molecule has 1 aliphatic rings. The molecule has 0 aromatic carbocycles. The van der Waals surface area contributed by atoms with Gasteiger partial charge in [-0.05, 0) is 43.9 Å². The maximum atomic E-state index is 6.07. The summed E-state index contributed by atoms with van der Waals surface area (Å²) < 4.78 is 0.916. The summed E-state index contributed by atoms with van der Waals surface area (Å²) in [6.45, 7) is 3.34. The quantitative estimate of drug-likeness (QED) is 0.793. The van der Waals surface area contributed by atoms with Crippen LogP contribution in [0.15, 0.2) is 12.1 Å². The second-order valence-corrected chi connectivity index (χ2v) is 6.72. The van der Waals surface area contributed by atoms with Crippen LogP contribution in [-0.2, 0) is 0 Å². The minimum Gasteiger partial charge on any atom is -0.309 e. The van der Waals surface area contributed by atoms with Crippen molar-refractivity contribution in [1.29, 1.82) is 0 Å². The molecule has 0 bridgehead atoms. The van der Waals surface area contributed by atoms with Crippen molar-refractivity contribution in [1.82, 2.24) is 5.32 Å². The van der Waals surface area contributed by atoms with Gasteiger partial charge in [-0.15, -0.1) is 11.3 Å². The number of nitrogens with one attached hydrogen (secondary N) is 1. The highest BCUT2D eigenvalue weighted by molar-refractivity contribution is 7.16. The fourth-order valence-electron chi connectivity index (χ4n) is 2.76. The van der Waals surface area contributed by atoms with E-state index in [1.165, 1.54) is 43.4 Å². The van der Waals surface area contributed by atoms with E-state index in [4.69, 9.17) is 11.6 Å². The minimum absolute atomic E-state index is 0.535. The molecule has 0 aliphatic heterocycles. The maximum Gasteiger partial charge on any atom is 0.0931 e. The van der Waals surface area contributed by atoms with Gasteiger partial charge in [0.15, 0.2) is 0 Å². The summed E-state index contributed by atoms with van der Waals surface area (Å²) in [5.74, 6) is 0.810. The first-order chi connectivity index (χ1) is 8.31. The van der Waals surface area contributed by atoms with Crippen LogP contribution in [0.3, 0.4) is 0 Å². The molecule has 1 unspecified atom stereocenters. The molecule has 0 spiro atoms. The van der Waals surface area contributed by atoms with E-state index in [9.17, 15) is 0 Å². The Bertz CT molecular complexity index is 331. The molecule has 2 rings (SSSR count). The first-order valence-electron chi connectivity index (χ1n) is 6.80. The normalized spacial score (nSPS) is 19.4. The minimum atomic E-state index is 0.535. The van der Waals surface area contributed by atoms with E-state index < -0.39 is 0 Å². The van der Waals surface area contributed by atoms with E-state index in [0.717, 1.165) is 16.8 Å². The van der Waals surface area contributed by atoms with Crippen LogP contribution in [0.2, 0.25) is 4.34 Å². The Morgan fingerprint density at radius 2 is 2.12 bits per heavy atom. The zero-order chi connectivity index (χ0) is 12.1. The SMILES string of the molecule is CCCNC(c1ccc(Cl)s1)C1CCCCC1. The zero-order valence-electron chi connectivity index (χ0n) is 10.5. The summed E-state index contributed by atoms with van der Waals surface area (Å²) in [5, 5.41) is 3.72. The van der Waals surface area contributed by atoms with Crippen molar-refractivity contribution in [3.05, 3.63) is 21.3 Å². The lowest BCUT2D eigenvalue weighted by atomic mass is 9.83. The van der Waals surface area contributed by atoms with E-state index in [2.05, 4.69) is 18.3 Å². The Kier molecular flexibility index (Phi) is 5.33. The summed E-state index contributed by atoms with van der Waals surface area (Å²) >= 11 is 7.81. The molecule has 0 radical (unpaired) electrons. The molecule has 1 aliphatic carbocycles. The lowest BCUT2D eigenvalue weighted by Crippen LogP contribution is -2.29. The third kappa shape index (κ3) is 3.70. The van der Waals surface area contributed by atoms with E-state index in [1.807, 2.05) is 6.07 Å². The van der Waals surface area contributed by atoms with Crippen LogP contribution in [0, 0.1) is 5.92 Å². The van der Waals surface area contributed by atoms with Gasteiger partial charge in [0, 0.05) is 10.9 Å². The summed E-state index contributed by atoms with van der Waals surface area (Å²) in [4.78, 5) is 1.43. The zero-order valence-corrected chi connectivity index (χ0v) is 12.1. The lowest BCUT2D eigenvalue weighted by Gasteiger charge is -2.30. The van der Waals surface area contributed by atoms with Gasteiger partial charge in [0.05, 0.1) is 4.34 Å². The van der Waals surface area contributed by atoms with Crippen molar-refractivity contribution in [2.45, 2.75) is 51.5 Å². The van der Waals surface area contributed by atoms with Gasteiger partial charge < -0.3 is 5.32 Å². The highest BCUT2D eigenvalue weighted by Gasteiger charge is 2.25. The molecule has 1 nitrogen and oxygen atoms in total. The molecule has 96 valence electrons. The van der Waals surface area contributed by atoms with Crippen molar-refractivity contribution >= 4 is 22.9 Å². The molecule has 1 saturated carbocycles. The summed E-state index contributed by atoms with van der Waals surface area (Å²) in [6, 6.07) is 4.77. The average Bonchev–Trinajstić information content (AvgIpc) is 2.78. The first kappa shape index (κ1) is 13.4. The Hall–Kier alpha value is -0.0500. The standard InChI is InChI=1S/C14H22ClNS/c1-2-10-16-14(11-6-4-3-5-7-11)12-8-9-13(15)17-12/h8-9,11,14,16H,2-7,10H2,1H3. The second-order valence-electron chi connectivity index (χ2n) is 4.97. The van der Waals surface area contributed by atoms with Gasteiger partial charge in [-0.25, -0.2) is 0 Å². The van der Waals surface area contributed by atoms with Gasteiger partial charge in [-0.3, -0.25) is 0 Å². The summed E-state index contributed by atoms with van der Waals surface area (Å²) in [6.07, 6.45) is 8.15. The third-order valence-electron chi connectivity index (χ3n) is 3.64. The number of halogens is 1. The maximum absolute atomic E-state index is 6.07. The van der Waals surface area contributed by atoms with Gasteiger partial charge in [-0.1, -0.05) is 37.8 Å². The van der Waals surface area contributed by atoms with Gasteiger partial charge in [0.2, 0.25) is 0 Å². The molecular formula is C14H22ClNS. The number of hydrogen-bond acceptors (Lipinski definition) is 2. The average molecular weight is 272 g/mol. The monoisotopic (exact) mass is 271 g/mol. The fraction of sp³-hybridized carbons (Fsp3) is 0.714. The highest BCUT2D eigenvalue weighted by atomic mass is 35.5. The van der Waals surface area contributed by atoms with Crippen LogP contribution in [0.4, 0.5) is 0 Å². The Morgan fingerprint density at radius 3 is 2.71 bits per heavy atom. The van der Waals surface area contributed by atoms with Crippen molar-refractivity contribution in [3.63, 3.8) is 0 Å². The van der Waals surface area contributed by atoms with Crippen molar-refractivity contribution in [3.8, 4) is 0 Å². The van der Waals surface area contributed by atoms with Crippen LogP contribution < -0.4 is 5.32 Å². The predicted molar refractivity (Wildman–Crippen MR) is 76.9 cm³/mol. The van der Waals surface area contributed by atoms with Crippen molar-refractivity contribution < 1.29 is 0 Å². The van der Waals surface area contributed by atoms with Crippen LogP contribution in [0.5, 0.6) is 0 Å². The molecule has 1 atom stereocenters. The Balaban J connectivity index is 2.06. The van der Waals surface area contributed by atoms with Crippen LogP contribution in [0.1, 0.15) is 56.4 Å². The third-order valence-corrected chi connectivity index (χ3v) is 4.95. The summed E-state index contributed by atoms with van der Waals surface area (Å²) in [7, 11) is 0. The van der Waals surface area contributed by atoms with Crippen LogP contribution in [0.25, 0.3) is 0 Å². The first-order valence-corrected chi connectivity index (χ1v) is 7.99. The molecule has 0 amide bonds. The Labute approximate surface area is 114 Å². The van der Waals surface area contributed by atoms with E-state index in [1.54, 1.807) is 11.3 Å². The molecular weight excluding hydrogens is 250 g/mol. The predicted octanol–water partition coefficient (Wildman–Crippen LogP) is 5.02. The molecule has 3 heteroatoms.